The highest BCUT2D eigenvalue weighted by Crippen LogP contribution is 2.53. The maximum Gasteiger partial charge on any atom is 0.257 e. The molecular weight excluding hydrogens is 236 g/mol. The number of nitrogens with zero attached hydrogens (tertiary/aromatic N) is 1. The van der Waals surface area contributed by atoms with E-state index in [9.17, 15) is 0 Å². The molecule has 3 heteroatoms. The van der Waals surface area contributed by atoms with Crippen LogP contribution in [0.4, 0.5) is 11.4 Å². The molecule has 0 amide bonds. The highest BCUT2D eigenvalue weighted by atomic mass is 16.5. The molecule has 0 saturated carbocycles. The van der Waals surface area contributed by atoms with Crippen molar-refractivity contribution in [2.75, 3.05) is 11.9 Å². The zero-order valence-corrected chi connectivity index (χ0v) is 10.4. The molecule has 3 nitrogen and oxygen atoms in total. The van der Waals surface area contributed by atoms with Crippen molar-refractivity contribution in [2.24, 2.45) is 0 Å². The summed E-state index contributed by atoms with van der Waals surface area (Å²) < 4.78 is 6.96. The summed E-state index contributed by atoms with van der Waals surface area (Å²) in [6.45, 7) is 1.92. The Bertz CT molecular complexity index is 750. The summed E-state index contributed by atoms with van der Waals surface area (Å²) in [4.78, 5) is 0. The van der Waals surface area contributed by atoms with E-state index in [0.717, 1.165) is 29.1 Å². The van der Waals surface area contributed by atoms with Gasteiger partial charge in [0, 0.05) is 11.6 Å². The number of benzene rings is 2. The van der Waals surface area contributed by atoms with Crippen LogP contribution in [0.25, 0.3) is 0 Å². The van der Waals surface area contributed by atoms with Crippen LogP contribution in [0.3, 0.4) is 0 Å². The second-order valence-corrected chi connectivity index (χ2v) is 5.41. The van der Waals surface area contributed by atoms with Crippen LogP contribution in [0, 0.1) is 0 Å². The number of hydrogen-bond donors (Lipinski definition) is 1. The number of para-hydroxylation sites is 3. The van der Waals surface area contributed by atoms with E-state index in [2.05, 4.69) is 47.8 Å². The molecule has 19 heavy (non-hydrogen) atoms. The lowest BCUT2D eigenvalue weighted by Gasteiger charge is -2.38. The minimum atomic E-state index is 0.891. The van der Waals surface area contributed by atoms with Crippen molar-refractivity contribution >= 4 is 11.4 Å². The van der Waals surface area contributed by atoms with Crippen LogP contribution in [0.5, 0.6) is 5.75 Å². The Balaban J connectivity index is 1.75. The molecule has 2 aromatic carbocycles. The van der Waals surface area contributed by atoms with Gasteiger partial charge in [0.25, 0.3) is 5.82 Å². The van der Waals surface area contributed by atoms with Crippen LogP contribution < -0.4 is 14.5 Å². The van der Waals surface area contributed by atoms with Crippen LogP contribution in [0.15, 0.2) is 60.1 Å². The van der Waals surface area contributed by atoms with E-state index in [4.69, 9.17) is 4.74 Å². The van der Waals surface area contributed by atoms with Gasteiger partial charge in [-0.25, -0.2) is 4.48 Å². The maximum atomic E-state index is 6.06. The van der Waals surface area contributed by atoms with Gasteiger partial charge in [0.2, 0.25) is 5.76 Å². The first-order valence-corrected chi connectivity index (χ1v) is 6.60. The molecule has 3 heterocycles. The first-order chi connectivity index (χ1) is 9.37. The van der Waals surface area contributed by atoms with E-state index < -0.39 is 0 Å². The van der Waals surface area contributed by atoms with Crippen LogP contribution in [-0.2, 0) is 6.54 Å². The highest BCUT2D eigenvalue weighted by molar-refractivity contribution is 5.81. The number of quaternary nitrogens is 1. The zero-order chi connectivity index (χ0) is 12.4. The summed E-state index contributed by atoms with van der Waals surface area (Å²) >= 11 is 0. The Morgan fingerprint density at radius 1 is 0.947 bits per heavy atom. The van der Waals surface area contributed by atoms with Gasteiger partial charge in [-0.1, -0.05) is 24.3 Å². The zero-order valence-electron chi connectivity index (χ0n) is 10.4. The Kier molecular flexibility index (Phi) is 1.52. The molecule has 2 bridgehead atoms. The molecule has 92 valence electrons. The first-order valence-electron chi connectivity index (χ1n) is 6.60. The minimum Gasteiger partial charge on any atom is -0.448 e. The molecular formula is C16H13N2O+. The Morgan fingerprint density at radius 2 is 1.79 bits per heavy atom. The number of anilines is 1. The minimum absolute atomic E-state index is 0.891. The van der Waals surface area contributed by atoms with Gasteiger partial charge >= 0.3 is 0 Å². The summed E-state index contributed by atoms with van der Waals surface area (Å²) in [7, 11) is 0. The van der Waals surface area contributed by atoms with Gasteiger partial charge in [-0.2, -0.15) is 0 Å². The summed E-state index contributed by atoms with van der Waals surface area (Å²) in [6, 6.07) is 16.9. The fraction of sp³-hybridized carbons (Fsp3) is 0.125. The second kappa shape index (κ2) is 3.00. The van der Waals surface area contributed by atoms with Crippen molar-refractivity contribution in [3.05, 3.63) is 65.7 Å². The maximum absolute atomic E-state index is 6.06. The standard InChI is InChI=1S/C16H13N2O/c1-4-8-14-11(5-1)9-18-10-15(19-14)16(18)17-12-6-2-3-7-13(12)18/h1-8,17H,9-10H2/q+1. The van der Waals surface area contributed by atoms with E-state index in [1.807, 2.05) is 6.07 Å². The third-order valence-corrected chi connectivity index (χ3v) is 4.37. The van der Waals surface area contributed by atoms with E-state index in [1.54, 1.807) is 0 Å². The third kappa shape index (κ3) is 1.03. The molecule has 0 fully saturated rings. The molecule has 2 aromatic rings. The van der Waals surface area contributed by atoms with E-state index in [1.165, 1.54) is 22.8 Å². The Labute approximate surface area is 111 Å². The number of nitrogens with one attached hydrogen (secondary N) is 1. The van der Waals surface area contributed by atoms with Crippen molar-refractivity contribution < 1.29 is 4.74 Å². The van der Waals surface area contributed by atoms with Crippen LogP contribution in [0.1, 0.15) is 5.56 Å². The van der Waals surface area contributed by atoms with E-state index in [-0.39, 0.29) is 0 Å². The Hall–Kier alpha value is -2.26. The number of ether oxygens (including phenoxy) is 1. The average Bonchev–Trinajstić information content (AvgIpc) is 2.59. The predicted octanol–water partition coefficient (Wildman–Crippen LogP) is 3.19. The molecule has 0 radical (unpaired) electrons. The van der Waals surface area contributed by atoms with Gasteiger partial charge in [-0.15, -0.1) is 0 Å². The van der Waals surface area contributed by atoms with Crippen LogP contribution >= 0.6 is 0 Å². The lowest BCUT2D eigenvalue weighted by Crippen LogP contribution is -2.55. The van der Waals surface area contributed by atoms with Gasteiger partial charge in [-0.05, 0) is 18.2 Å². The van der Waals surface area contributed by atoms with E-state index >= 15 is 0 Å². The SMILES string of the molecule is c1ccc2c(c1)C[N+]13CC(=C1Nc1ccccc13)O2. The van der Waals surface area contributed by atoms with Crippen LogP contribution in [0.2, 0.25) is 0 Å². The molecule has 0 saturated heterocycles. The van der Waals surface area contributed by atoms with Crippen molar-refractivity contribution in [2.45, 2.75) is 6.54 Å². The number of rotatable bonds is 0. The predicted molar refractivity (Wildman–Crippen MR) is 74.5 cm³/mol. The molecule has 1 spiro atoms. The fourth-order valence-corrected chi connectivity index (χ4v) is 3.47. The summed E-state index contributed by atoms with van der Waals surface area (Å²) in [6.07, 6.45) is 0. The molecule has 1 unspecified atom stereocenters. The lowest BCUT2D eigenvalue weighted by molar-refractivity contribution is 0.257. The third-order valence-electron chi connectivity index (χ3n) is 4.37. The van der Waals surface area contributed by atoms with Gasteiger partial charge in [0.1, 0.15) is 18.0 Å². The smallest absolute Gasteiger partial charge is 0.257 e. The van der Waals surface area contributed by atoms with E-state index in [0.29, 0.717) is 0 Å². The summed E-state index contributed by atoms with van der Waals surface area (Å²) in [5.41, 5.74) is 3.86. The van der Waals surface area contributed by atoms with Crippen molar-refractivity contribution in [3.8, 4) is 5.75 Å². The second-order valence-electron chi connectivity index (χ2n) is 5.41. The van der Waals surface area contributed by atoms with Gasteiger partial charge in [-0.3, -0.25) is 0 Å². The Morgan fingerprint density at radius 3 is 2.79 bits per heavy atom. The van der Waals surface area contributed by atoms with Crippen molar-refractivity contribution in [1.29, 1.82) is 0 Å². The molecule has 1 N–H and O–H groups in total. The molecule has 3 aliphatic heterocycles. The van der Waals surface area contributed by atoms with Crippen molar-refractivity contribution in [1.82, 2.24) is 4.48 Å². The highest BCUT2D eigenvalue weighted by Gasteiger charge is 2.57. The topological polar surface area (TPSA) is 21.3 Å². The summed E-state index contributed by atoms with van der Waals surface area (Å²) in [5, 5.41) is 3.53. The van der Waals surface area contributed by atoms with Gasteiger partial charge in [0.05, 0.1) is 0 Å². The molecule has 0 aromatic heterocycles. The summed E-state index contributed by atoms with van der Waals surface area (Å²) in [5.74, 6) is 3.31. The monoisotopic (exact) mass is 249 g/mol. The molecule has 5 rings (SSSR count). The first kappa shape index (κ1) is 9.64. The quantitative estimate of drug-likeness (QED) is 0.724. The number of fused-ring (bicyclic) bond motifs is 3. The average molecular weight is 249 g/mol. The van der Waals surface area contributed by atoms with Gasteiger partial charge < -0.3 is 10.1 Å². The lowest BCUT2D eigenvalue weighted by atomic mass is 10.1. The molecule has 1 atom stereocenters. The molecule has 3 aliphatic rings. The van der Waals surface area contributed by atoms with Gasteiger partial charge in [0.15, 0.2) is 12.2 Å². The normalized spacial score (nSPS) is 25.3. The van der Waals surface area contributed by atoms with Crippen molar-refractivity contribution in [3.63, 3.8) is 0 Å². The number of hydrogen-bond acceptors (Lipinski definition) is 2. The molecule has 0 aliphatic carbocycles. The largest absolute Gasteiger partial charge is 0.448 e. The fourth-order valence-electron chi connectivity index (χ4n) is 3.47. The van der Waals surface area contributed by atoms with Crippen LogP contribution in [-0.4, -0.2) is 6.54 Å².